The molecule has 0 saturated carbocycles. The third-order valence-corrected chi connectivity index (χ3v) is 5.24. The summed E-state index contributed by atoms with van der Waals surface area (Å²) >= 11 is 0. The molecule has 10 heteroatoms. The highest BCUT2D eigenvalue weighted by Gasteiger charge is 2.31. The Kier molecular flexibility index (Phi) is 8.61. The second kappa shape index (κ2) is 11.6. The number of piperazine rings is 1. The van der Waals surface area contributed by atoms with Gasteiger partial charge < -0.3 is 24.0 Å². The van der Waals surface area contributed by atoms with Crippen molar-refractivity contribution < 1.29 is 37.0 Å². The SMILES string of the molecule is CCOc1ccc(OCCC(=O)OCC(=O)N2CCN(c3cccc(C(F)(F)F)c3)CC2)cc1. The molecule has 184 valence electrons. The molecule has 0 unspecified atom stereocenters. The van der Waals surface area contributed by atoms with Crippen LogP contribution in [0.4, 0.5) is 18.9 Å². The van der Waals surface area contributed by atoms with E-state index in [2.05, 4.69) is 0 Å². The van der Waals surface area contributed by atoms with E-state index in [1.807, 2.05) is 6.92 Å². The number of esters is 1. The van der Waals surface area contributed by atoms with Crippen molar-refractivity contribution >= 4 is 17.6 Å². The average molecular weight is 480 g/mol. The zero-order valence-electron chi connectivity index (χ0n) is 18.8. The van der Waals surface area contributed by atoms with Gasteiger partial charge in [0, 0.05) is 31.9 Å². The van der Waals surface area contributed by atoms with Gasteiger partial charge in [-0.1, -0.05) is 6.07 Å². The fourth-order valence-electron chi connectivity index (χ4n) is 3.45. The number of anilines is 1. The second-order valence-electron chi connectivity index (χ2n) is 7.58. The lowest BCUT2D eigenvalue weighted by Gasteiger charge is -2.36. The molecule has 2 aromatic rings. The van der Waals surface area contributed by atoms with E-state index in [0.29, 0.717) is 44.2 Å². The number of carbonyl (C=O) groups excluding carboxylic acids is 2. The van der Waals surface area contributed by atoms with Crippen LogP contribution in [0, 0.1) is 0 Å². The van der Waals surface area contributed by atoms with Gasteiger partial charge in [0.15, 0.2) is 6.61 Å². The van der Waals surface area contributed by atoms with E-state index in [4.69, 9.17) is 14.2 Å². The molecule has 1 fully saturated rings. The Morgan fingerprint density at radius 2 is 1.59 bits per heavy atom. The van der Waals surface area contributed by atoms with Gasteiger partial charge in [0.25, 0.3) is 5.91 Å². The van der Waals surface area contributed by atoms with Crippen molar-refractivity contribution in [2.24, 2.45) is 0 Å². The molecule has 3 rings (SSSR count). The number of halogens is 3. The molecule has 7 nitrogen and oxygen atoms in total. The molecule has 0 spiro atoms. The predicted molar refractivity (Wildman–Crippen MR) is 119 cm³/mol. The van der Waals surface area contributed by atoms with Crippen molar-refractivity contribution in [3.8, 4) is 11.5 Å². The summed E-state index contributed by atoms with van der Waals surface area (Å²) in [6.45, 7) is 3.61. The van der Waals surface area contributed by atoms with Gasteiger partial charge in [-0.3, -0.25) is 9.59 Å². The lowest BCUT2D eigenvalue weighted by molar-refractivity contribution is -0.152. The highest BCUT2D eigenvalue weighted by Crippen LogP contribution is 2.31. The number of hydrogen-bond acceptors (Lipinski definition) is 6. The maximum Gasteiger partial charge on any atom is 0.416 e. The van der Waals surface area contributed by atoms with Crippen LogP contribution in [-0.4, -0.2) is 62.8 Å². The quantitative estimate of drug-likeness (QED) is 0.509. The molecular formula is C24H27F3N2O5. The second-order valence-corrected chi connectivity index (χ2v) is 7.58. The monoisotopic (exact) mass is 480 g/mol. The topological polar surface area (TPSA) is 68.3 Å². The Bertz CT molecular complexity index is 958. The maximum absolute atomic E-state index is 12.9. The average Bonchev–Trinajstić information content (AvgIpc) is 2.83. The number of amides is 1. The predicted octanol–water partition coefficient (Wildman–Crippen LogP) is 3.77. The van der Waals surface area contributed by atoms with Crippen molar-refractivity contribution in [1.29, 1.82) is 0 Å². The van der Waals surface area contributed by atoms with Gasteiger partial charge in [-0.15, -0.1) is 0 Å². The smallest absolute Gasteiger partial charge is 0.416 e. The summed E-state index contributed by atoms with van der Waals surface area (Å²) in [5, 5.41) is 0. The Morgan fingerprint density at radius 1 is 0.941 bits per heavy atom. The molecule has 1 amide bonds. The first-order chi connectivity index (χ1) is 16.3. The Morgan fingerprint density at radius 3 is 2.21 bits per heavy atom. The Labute approximate surface area is 196 Å². The van der Waals surface area contributed by atoms with E-state index in [-0.39, 0.29) is 25.5 Å². The zero-order valence-corrected chi connectivity index (χ0v) is 18.8. The van der Waals surface area contributed by atoms with Gasteiger partial charge >= 0.3 is 12.1 Å². The molecule has 0 N–H and O–H groups in total. The minimum atomic E-state index is -4.41. The summed E-state index contributed by atoms with van der Waals surface area (Å²) in [6.07, 6.45) is -4.42. The third-order valence-electron chi connectivity index (χ3n) is 5.24. The van der Waals surface area contributed by atoms with Crippen LogP contribution >= 0.6 is 0 Å². The van der Waals surface area contributed by atoms with E-state index in [0.717, 1.165) is 17.9 Å². The van der Waals surface area contributed by atoms with E-state index < -0.39 is 17.7 Å². The van der Waals surface area contributed by atoms with Crippen LogP contribution in [0.15, 0.2) is 48.5 Å². The van der Waals surface area contributed by atoms with Crippen molar-refractivity contribution in [3.05, 3.63) is 54.1 Å². The fourth-order valence-corrected chi connectivity index (χ4v) is 3.45. The highest BCUT2D eigenvalue weighted by atomic mass is 19.4. The lowest BCUT2D eigenvalue weighted by Crippen LogP contribution is -2.50. The molecule has 1 saturated heterocycles. The van der Waals surface area contributed by atoms with Crippen LogP contribution in [-0.2, 0) is 20.5 Å². The van der Waals surface area contributed by atoms with Crippen molar-refractivity contribution in [3.63, 3.8) is 0 Å². The zero-order chi connectivity index (χ0) is 24.6. The Balaban J connectivity index is 1.36. The maximum atomic E-state index is 12.9. The number of benzene rings is 2. The number of hydrogen-bond donors (Lipinski definition) is 0. The van der Waals surface area contributed by atoms with Gasteiger partial charge in [0.1, 0.15) is 11.5 Å². The van der Waals surface area contributed by atoms with Crippen LogP contribution in [0.2, 0.25) is 0 Å². The summed E-state index contributed by atoms with van der Waals surface area (Å²) in [7, 11) is 0. The molecular weight excluding hydrogens is 453 g/mol. The molecule has 0 aliphatic carbocycles. The first-order valence-electron chi connectivity index (χ1n) is 11.0. The number of nitrogens with zero attached hydrogens (tertiary/aromatic N) is 2. The molecule has 0 aromatic heterocycles. The number of rotatable bonds is 9. The third kappa shape index (κ3) is 7.29. The molecule has 1 heterocycles. The number of carbonyl (C=O) groups is 2. The summed E-state index contributed by atoms with van der Waals surface area (Å²) < 4.78 is 54.7. The minimum Gasteiger partial charge on any atom is -0.494 e. The first-order valence-corrected chi connectivity index (χ1v) is 11.0. The summed E-state index contributed by atoms with van der Waals surface area (Å²) in [6, 6.07) is 12.1. The van der Waals surface area contributed by atoms with Gasteiger partial charge in [0.2, 0.25) is 0 Å². The van der Waals surface area contributed by atoms with Crippen molar-refractivity contribution in [2.45, 2.75) is 19.5 Å². The van der Waals surface area contributed by atoms with Crippen LogP contribution in [0.1, 0.15) is 18.9 Å². The normalized spacial score (nSPS) is 14.0. The van der Waals surface area contributed by atoms with E-state index in [9.17, 15) is 22.8 Å². The van der Waals surface area contributed by atoms with E-state index in [1.54, 1.807) is 35.2 Å². The van der Waals surface area contributed by atoms with Crippen molar-refractivity contribution in [2.75, 3.05) is 50.9 Å². The van der Waals surface area contributed by atoms with Gasteiger partial charge in [-0.05, 0) is 49.4 Å². The molecule has 0 bridgehead atoms. The minimum absolute atomic E-state index is 0.0101. The summed E-state index contributed by atoms with van der Waals surface area (Å²) in [5.41, 5.74) is -0.247. The summed E-state index contributed by atoms with van der Waals surface area (Å²) in [4.78, 5) is 27.6. The summed E-state index contributed by atoms with van der Waals surface area (Å²) in [5.74, 6) is 0.417. The molecule has 2 aromatic carbocycles. The number of ether oxygens (including phenoxy) is 3. The van der Waals surface area contributed by atoms with Crippen molar-refractivity contribution in [1.82, 2.24) is 4.90 Å². The highest BCUT2D eigenvalue weighted by molar-refractivity contribution is 5.81. The van der Waals surface area contributed by atoms with E-state index in [1.165, 1.54) is 11.0 Å². The van der Waals surface area contributed by atoms with E-state index >= 15 is 0 Å². The number of alkyl halides is 3. The van der Waals surface area contributed by atoms with Gasteiger partial charge in [0.05, 0.1) is 25.2 Å². The van der Waals surface area contributed by atoms with Gasteiger partial charge in [-0.2, -0.15) is 13.2 Å². The Hall–Kier alpha value is -3.43. The molecule has 34 heavy (non-hydrogen) atoms. The first kappa shape index (κ1) is 25.2. The van der Waals surface area contributed by atoms with Gasteiger partial charge in [-0.25, -0.2) is 0 Å². The van der Waals surface area contributed by atoms with Crippen LogP contribution in [0.25, 0.3) is 0 Å². The van der Waals surface area contributed by atoms with Crippen LogP contribution < -0.4 is 14.4 Å². The lowest BCUT2D eigenvalue weighted by atomic mass is 10.1. The molecule has 0 atom stereocenters. The standard InChI is InChI=1S/C24H27F3N2O5/c1-2-32-20-6-8-21(9-7-20)33-15-10-23(31)34-17-22(30)29-13-11-28(12-14-29)19-5-3-4-18(16-19)24(25,26)27/h3-9,16H,2,10-15,17H2,1H3. The molecule has 1 aliphatic heterocycles. The largest absolute Gasteiger partial charge is 0.494 e. The van der Waals surface area contributed by atoms with Crippen LogP contribution in [0.3, 0.4) is 0 Å². The molecule has 1 aliphatic rings. The van der Waals surface area contributed by atoms with Crippen LogP contribution in [0.5, 0.6) is 11.5 Å². The fraction of sp³-hybridized carbons (Fsp3) is 0.417. The molecule has 0 radical (unpaired) electrons.